The van der Waals surface area contributed by atoms with Crippen LogP contribution in [0, 0.1) is 29.1 Å². The fourth-order valence-corrected chi connectivity index (χ4v) is 5.64. The van der Waals surface area contributed by atoms with Crippen molar-refractivity contribution in [1.82, 2.24) is 5.23 Å². The van der Waals surface area contributed by atoms with Crippen molar-refractivity contribution >= 4 is 17.9 Å². The van der Waals surface area contributed by atoms with E-state index in [1.54, 1.807) is 6.21 Å². The largest absolute Gasteiger partial charge is 0.420 e. The summed E-state index contributed by atoms with van der Waals surface area (Å²) in [4.78, 5) is 15.9. The summed E-state index contributed by atoms with van der Waals surface area (Å²) in [6, 6.07) is 0. The van der Waals surface area contributed by atoms with Crippen LogP contribution in [0.1, 0.15) is 44.9 Å². The molecule has 1 aromatic rings. The summed E-state index contributed by atoms with van der Waals surface area (Å²) >= 11 is 0. The van der Waals surface area contributed by atoms with Crippen molar-refractivity contribution in [2.45, 2.75) is 94.0 Å². The number of benzene rings is 1. The van der Waals surface area contributed by atoms with E-state index < -0.39 is 90.1 Å². The van der Waals surface area contributed by atoms with Crippen LogP contribution in [-0.2, 0) is 42.7 Å². The number of hydrazone groups is 1. The number of rotatable bonds is 29. The zero-order valence-electron chi connectivity index (χ0n) is 35.4. The van der Waals surface area contributed by atoms with Crippen LogP contribution in [0.3, 0.4) is 0 Å². The lowest BCUT2D eigenvalue weighted by atomic mass is 9.99. The average molecular weight is 941 g/mol. The zero-order valence-corrected chi connectivity index (χ0v) is 35.4. The number of hydroxylamine groups is 2. The highest BCUT2D eigenvalue weighted by Crippen LogP contribution is 2.29. The third-order valence-electron chi connectivity index (χ3n) is 9.23. The molecule has 2 aliphatic rings. The summed E-state index contributed by atoms with van der Waals surface area (Å²) in [5, 5.41) is 68.7. The Morgan fingerprint density at radius 2 is 1.34 bits per heavy atom. The van der Waals surface area contributed by atoms with Gasteiger partial charge in [-0.3, -0.25) is 20.2 Å². The summed E-state index contributed by atoms with van der Waals surface area (Å²) in [5.74, 6) is -8.77. The van der Waals surface area contributed by atoms with Gasteiger partial charge >= 0.3 is 5.97 Å². The second kappa shape index (κ2) is 32.5. The van der Waals surface area contributed by atoms with Crippen LogP contribution in [0.25, 0.3) is 0 Å². The van der Waals surface area contributed by atoms with E-state index in [0.29, 0.717) is 57.9 Å². The maximum absolute atomic E-state index is 13.6. The van der Waals surface area contributed by atoms with Gasteiger partial charge in [0.1, 0.15) is 30.5 Å². The number of nitrogens with zero attached hydrogens (tertiary/aromatic N) is 3. The minimum Gasteiger partial charge on any atom is -0.420 e. The molecule has 2 saturated heterocycles. The molecule has 0 aromatic heterocycles. The van der Waals surface area contributed by atoms with Gasteiger partial charge in [0.2, 0.25) is 34.8 Å². The van der Waals surface area contributed by atoms with Crippen molar-refractivity contribution in [3.63, 3.8) is 0 Å². The fraction of sp³-hybridized carbons (Fsp3) is 0.763. The predicted octanol–water partition coefficient (Wildman–Crippen LogP) is 0.128. The number of esters is 1. The van der Waals surface area contributed by atoms with Crippen LogP contribution < -0.4 is 10.6 Å². The van der Waals surface area contributed by atoms with Crippen LogP contribution >= 0.6 is 0 Å². The van der Waals surface area contributed by atoms with Gasteiger partial charge in [-0.25, -0.2) is 13.2 Å². The van der Waals surface area contributed by atoms with Gasteiger partial charge in [0.15, 0.2) is 6.29 Å². The van der Waals surface area contributed by atoms with Crippen LogP contribution in [0.5, 0.6) is 5.75 Å². The van der Waals surface area contributed by atoms with Gasteiger partial charge in [-0.15, -0.1) is 0 Å². The van der Waals surface area contributed by atoms with Gasteiger partial charge < -0.3 is 74.0 Å². The normalized spacial score (nSPS) is 24.0. The van der Waals surface area contributed by atoms with E-state index in [9.17, 15) is 47.2 Å². The van der Waals surface area contributed by atoms with Crippen molar-refractivity contribution in [3.8, 4) is 5.75 Å². The summed E-state index contributed by atoms with van der Waals surface area (Å²) in [5.41, 5.74) is 0.634. The Morgan fingerprint density at radius 1 is 0.750 bits per heavy atom. The molecular formula is C38H61F5N4O17. The van der Waals surface area contributed by atoms with Gasteiger partial charge in [-0.2, -0.15) is 13.9 Å². The molecule has 1 aromatic carbocycles. The number of carbonyl (C=O) groups is 1. The van der Waals surface area contributed by atoms with Crippen molar-refractivity contribution in [2.75, 3.05) is 92.9 Å². The molecule has 370 valence electrons. The number of unbranched alkanes of at least 4 members (excludes halogenated alkanes) is 2. The Kier molecular flexibility index (Phi) is 28.9. The molecule has 2 heterocycles. The number of aliphatic imine (C=N–C) groups is 1. The third-order valence-corrected chi connectivity index (χ3v) is 9.23. The quantitative estimate of drug-likeness (QED) is 0.00609. The van der Waals surface area contributed by atoms with E-state index in [0.717, 1.165) is 19.3 Å². The van der Waals surface area contributed by atoms with E-state index >= 15 is 0 Å². The third kappa shape index (κ3) is 21.4. The standard InChI is InChI=1S/C31H46F5N3O12.C7H15NO5/c1-44-31-29(43)28(42)27(41)20(50-31)18-49-8-4-2-3-5-19(39-37)17-38-7-10-46-12-14-48-16-15-47-13-11-45-9-6-21(40)51-30-25(35)23(33)22(32)24(34)26(30)36;9-6-3-5(1-2-8(11)12)13-4-7(6)10/h17,20,27-29,31,41-43H,2-16,18,37H2,1H3;5-7,9-12H,1-4H2/b38-17?,39-19-;/t20?,27-,28?,29?,31+;/m1./s1. The number of hydrogen-bond donors (Lipinski definition) is 8. The van der Waals surface area contributed by atoms with Crippen LogP contribution in [0.2, 0.25) is 0 Å². The van der Waals surface area contributed by atoms with Crippen molar-refractivity contribution in [2.24, 2.45) is 15.9 Å². The van der Waals surface area contributed by atoms with Crippen LogP contribution in [0.4, 0.5) is 22.0 Å². The molecule has 0 spiro atoms. The van der Waals surface area contributed by atoms with E-state index in [-0.39, 0.29) is 64.1 Å². The Morgan fingerprint density at radius 3 is 1.92 bits per heavy atom. The Labute approximate surface area is 365 Å². The molecule has 9 N–H and O–H groups in total. The lowest BCUT2D eigenvalue weighted by Crippen LogP contribution is -2.59. The molecule has 3 rings (SSSR count). The number of aliphatic hydroxyl groups excluding tert-OH is 5. The minimum atomic E-state index is -2.36. The first-order valence-electron chi connectivity index (χ1n) is 20.4. The topological polar surface area (TPSA) is 296 Å². The number of halogens is 5. The van der Waals surface area contributed by atoms with E-state index in [1.807, 2.05) is 0 Å². The summed E-state index contributed by atoms with van der Waals surface area (Å²) < 4.78 is 113. The Balaban J connectivity index is 0.000000922. The second-order valence-electron chi connectivity index (χ2n) is 14.1. The first-order chi connectivity index (χ1) is 30.6. The van der Waals surface area contributed by atoms with Gasteiger partial charge in [-0.05, 0) is 25.7 Å². The molecule has 2 fully saturated rings. The smallest absolute Gasteiger partial charge is 0.313 e. The second-order valence-corrected chi connectivity index (χ2v) is 14.1. The van der Waals surface area contributed by atoms with Gasteiger partial charge in [0, 0.05) is 26.4 Å². The zero-order chi connectivity index (χ0) is 47.4. The molecular weight excluding hydrogens is 879 g/mol. The van der Waals surface area contributed by atoms with Crippen molar-refractivity contribution in [3.05, 3.63) is 29.1 Å². The summed E-state index contributed by atoms with van der Waals surface area (Å²) in [6.45, 7) is 2.51. The molecule has 2 aliphatic heterocycles. The number of methoxy groups -OCH3 is 1. The summed E-state index contributed by atoms with van der Waals surface area (Å²) in [6.07, 6.45) is -2.90. The Hall–Kier alpha value is -3.16. The van der Waals surface area contributed by atoms with Crippen molar-refractivity contribution < 1.29 is 105 Å². The molecule has 21 nitrogen and oxygen atoms in total. The number of aliphatic hydroxyl groups is 5. The molecule has 0 amide bonds. The molecule has 8 atom stereocenters. The minimum absolute atomic E-state index is 0.0394. The van der Waals surface area contributed by atoms with Crippen LogP contribution in [0.15, 0.2) is 10.1 Å². The molecule has 0 bridgehead atoms. The maximum Gasteiger partial charge on any atom is 0.313 e. The number of hydrogen-bond acceptors (Lipinski definition) is 21. The molecule has 0 radical (unpaired) electrons. The van der Waals surface area contributed by atoms with Gasteiger partial charge in [-0.1, -0.05) is 11.6 Å². The molecule has 6 unspecified atom stereocenters. The lowest BCUT2D eigenvalue weighted by Gasteiger charge is -2.39. The molecule has 26 heteroatoms. The highest BCUT2D eigenvalue weighted by atomic mass is 19.2. The highest BCUT2D eigenvalue weighted by molar-refractivity contribution is 6.30. The number of ether oxygens (including phenoxy) is 9. The van der Waals surface area contributed by atoms with Crippen LogP contribution in [-0.4, -0.2) is 201 Å². The highest BCUT2D eigenvalue weighted by Gasteiger charge is 2.44. The molecule has 0 saturated carbocycles. The monoisotopic (exact) mass is 940 g/mol. The maximum atomic E-state index is 13.6. The summed E-state index contributed by atoms with van der Waals surface area (Å²) in [7, 11) is 1.33. The molecule has 0 aliphatic carbocycles. The lowest BCUT2D eigenvalue weighted by molar-refractivity contribution is -0.309. The number of nitrogens with two attached hydrogens (primary N) is 1. The van der Waals surface area contributed by atoms with Crippen molar-refractivity contribution in [1.29, 1.82) is 0 Å². The van der Waals surface area contributed by atoms with E-state index in [2.05, 4.69) is 14.8 Å². The first kappa shape index (κ1) is 57.0. The molecule has 64 heavy (non-hydrogen) atoms. The Bertz CT molecular complexity index is 1500. The van der Waals surface area contributed by atoms with Gasteiger partial charge in [0.05, 0.1) is 103 Å². The predicted molar refractivity (Wildman–Crippen MR) is 209 cm³/mol. The first-order valence-corrected chi connectivity index (χ1v) is 20.4. The SMILES string of the molecule is CO[C@H]1OC(COCCCCC/C(C=NCCOCCOCCOCCOCCC(=O)Oc2c(F)c(F)c(F)c(F)c2F)=N/N)[C@@H](O)C(O)C1O.OC1COC(CCN(O)O)CC1O. The average Bonchev–Trinajstić information content (AvgIpc) is 3.28. The van der Waals surface area contributed by atoms with E-state index in [4.69, 9.17) is 59.3 Å². The van der Waals surface area contributed by atoms with Gasteiger partial charge in [0.25, 0.3) is 0 Å². The van der Waals surface area contributed by atoms with E-state index in [1.165, 1.54) is 7.11 Å². The fourth-order valence-electron chi connectivity index (χ4n) is 5.64. The number of carbonyl (C=O) groups excluding carboxylic acids is 1.